The smallest absolute Gasteiger partial charge is 0.120 e. The molecule has 2 aromatic rings. The topological polar surface area (TPSA) is 87.4 Å². The van der Waals surface area contributed by atoms with Gasteiger partial charge in [-0.1, -0.05) is 62.1 Å². The summed E-state index contributed by atoms with van der Waals surface area (Å²) in [7, 11) is 0. The molecule has 0 aromatic heterocycles. The van der Waals surface area contributed by atoms with Gasteiger partial charge in [0.25, 0.3) is 0 Å². The second-order valence-corrected chi connectivity index (χ2v) is 9.09. The Morgan fingerprint density at radius 2 is 0.853 bits per heavy atom. The van der Waals surface area contributed by atoms with E-state index < -0.39 is 0 Å². The van der Waals surface area contributed by atoms with Gasteiger partial charge in [-0.25, -0.2) is 0 Å². The van der Waals surface area contributed by atoms with E-state index in [1.54, 1.807) is 12.1 Å². The Kier molecular flexibility index (Phi) is 14.3. The van der Waals surface area contributed by atoms with Crippen LogP contribution >= 0.6 is 0 Å². The lowest BCUT2D eigenvalue weighted by Gasteiger charge is -2.28. The first-order valence-corrected chi connectivity index (χ1v) is 12.8. The van der Waals surface area contributed by atoms with Crippen LogP contribution in [0.15, 0.2) is 48.5 Å². The molecule has 0 radical (unpaired) electrons. The van der Waals surface area contributed by atoms with Gasteiger partial charge in [-0.05, 0) is 50.9 Å². The molecule has 2 rings (SSSR count). The summed E-state index contributed by atoms with van der Waals surface area (Å²) in [4.78, 5) is 4.80. The van der Waals surface area contributed by atoms with Gasteiger partial charge in [0.1, 0.15) is 11.5 Å². The molecule has 0 aliphatic heterocycles. The maximum absolute atomic E-state index is 10.3. The van der Waals surface area contributed by atoms with Gasteiger partial charge in [-0.15, -0.1) is 0 Å². The van der Waals surface area contributed by atoms with Gasteiger partial charge in [0.2, 0.25) is 0 Å². The van der Waals surface area contributed by atoms with Crippen LogP contribution in [-0.4, -0.2) is 69.6 Å². The minimum atomic E-state index is 0.251. The first-order valence-electron chi connectivity index (χ1n) is 12.8. The highest BCUT2D eigenvalue weighted by molar-refractivity contribution is 5.32. The van der Waals surface area contributed by atoms with Gasteiger partial charge in [-0.2, -0.15) is 0 Å². The molecule has 4 N–H and O–H groups in total. The number of hydrogen-bond acceptors (Lipinski definition) is 6. The molecule has 0 saturated carbocycles. The molecule has 0 aliphatic rings. The number of phenols is 2. The largest absolute Gasteiger partial charge is 0.508 e. The summed E-state index contributed by atoms with van der Waals surface area (Å²) in [6, 6.07) is 15.1. The highest BCUT2D eigenvalue weighted by Crippen LogP contribution is 2.20. The van der Waals surface area contributed by atoms with Gasteiger partial charge in [0.15, 0.2) is 0 Å². The molecule has 6 nitrogen and oxygen atoms in total. The van der Waals surface area contributed by atoms with E-state index in [0.717, 1.165) is 88.7 Å². The molecule has 0 bridgehead atoms. The Balaban J connectivity index is 1.99. The number of rotatable bonds is 19. The molecule has 2 aromatic carbocycles. The highest BCUT2D eigenvalue weighted by atomic mass is 16.3. The zero-order valence-corrected chi connectivity index (χ0v) is 20.6. The number of benzene rings is 2. The number of hydrogen-bond donors (Lipinski definition) is 4. The van der Waals surface area contributed by atoms with Crippen LogP contribution in [-0.2, 0) is 13.1 Å². The van der Waals surface area contributed by atoms with Crippen molar-refractivity contribution in [2.24, 2.45) is 0 Å². The van der Waals surface area contributed by atoms with Gasteiger partial charge in [0.05, 0.1) is 0 Å². The zero-order chi connectivity index (χ0) is 24.4. The molecule has 0 heterocycles. The fourth-order valence-corrected chi connectivity index (χ4v) is 4.20. The van der Waals surface area contributed by atoms with Crippen LogP contribution in [0.5, 0.6) is 11.5 Å². The van der Waals surface area contributed by atoms with E-state index in [0.29, 0.717) is 24.6 Å². The van der Waals surface area contributed by atoms with Gasteiger partial charge >= 0.3 is 0 Å². The second-order valence-electron chi connectivity index (χ2n) is 9.09. The van der Waals surface area contributed by atoms with Crippen molar-refractivity contribution in [1.82, 2.24) is 9.80 Å². The first kappa shape index (κ1) is 28.1. The van der Waals surface area contributed by atoms with Gasteiger partial charge in [0, 0.05) is 50.5 Å². The number of para-hydroxylation sites is 2. The van der Waals surface area contributed by atoms with Crippen molar-refractivity contribution in [3.8, 4) is 11.5 Å². The van der Waals surface area contributed by atoms with Gasteiger partial charge in [-0.3, -0.25) is 9.80 Å². The lowest BCUT2D eigenvalue weighted by Crippen LogP contribution is -2.36. The molecule has 0 saturated heterocycles. The standard InChI is InChI=1S/C28H44N2O4/c31-21-11-3-1-9-17-29(23-25-13-5-7-15-27(25)33)19-20-30(18-10-2-4-12-22-32)24-26-14-6-8-16-28(26)34/h5-8,13-16,31-34H,1-4,9-12,17-24H2. The van der Waals surface area contributed by atoms with Gasteiger partial charge < -0.3 is 20.4 Å². The summed E-state index contributed by atoms with van der Waals surface area (Å²) >= 11 is 0. The van der Waals surface area contributed by atoms with Crippen molar-refractivity contribution < 1.29 is 20.4 Å². The van der Waals surface area contributed by atoms with Crippen LogP contribution in [0.25, 0.3) is 0 Å². The van der Waals surface area contributed by atoms with Crippen LogP contribution < -0.4 is 0 Å². The van der Waals surface area contributed by atoms with E-state index in [1.807, 2.05) is 36.4 Å². The molecule has 190 valence electrons. The molecule has 0 aliphatic carbocycles. The number of aliphatic hydroxyl groups excluding tert-OH is 2. The van der Waals surface area contributed by atoms with E-state index in [2.05, 4.69) is 9.80 Å². The minimum Gasteiger partial charge on any atom is -0.508 e. The lowest BCUT2D eigenvalue weighted by molar-refractivity contribution is 0.185. The van der Waals surface area contributed by atoms with Crippen molar-refractivity contribution in [1.29, 1.82) is 0 Å². The molecule has 0 fully saturated rings. The molecule has 0 amide bonds. The summed E-state index contributed by atoms with van der Waals surface area (Å²) in [6.45, 7) is 5.54. The third-order valence-electron chi connectivity index (χ3n) is 6.27. The molecule has 0 unspecified atom stereocenters. The van der Waals surface area contributed by atoms with E-state index >= 15 is 0 Å². The number of nitrogens with zero attached hydrogens (tertiary/aromatic N) is 2. The number of aliphatic hydroxyl groups is 2. The van der Waals surface area contributed by atoms with Crippen molar-refractivity contribution in [2.45, 2.75) is 64.5 Å². The number of aromatic hydroxyl groups is 2. The molecule has 0 atom stereocenters. The van der Waals surface area contributed by atoms with E-state index in [4.69, 9.17) is 10.2 Å². The average molecular weight is 473 g/mol. The fourth-order valence-electron chi connectivity index (χ4n) is 4.20. The number of unbranched alkanes of at least 4 members (excludes halogenated alkanes) is 6. The molecular formula is C28H44N2O4. The first-order chi connectivity index (χ1) is 16.6. The van der Waals surface area contributed by atoms with E-state index in [1.165, 1.54) is 0 Å². The Labute approximate surface area is 205 Å². The minimum absolute atomic E-state index is 0.251. The van der Waals surface area contributed by atoms with Crippen LogP contribution in [0.1, 0.15) is 62.5 Å². The molecule has 0 spiro atoms. The summed E-state index contributed by atoms with van der Waals surface area (Å²) in [5.74, 6) is 0.672. The van der Waals surface area contributed by atoms with Crippen LogP contribution in [0, 0.1) is 0 Å². The molecule has 34 heavy (non-hydrogen) atoms. The average Bonchev–Trinajstić information content (AvgIpc) is 2.84. The third kappa shape index (κ3) is 11.3. The monoisotopic (exact) mass is 472 g/mol. The molecule has 6 heteroatoms. The Hall–Kier alpha value is -2.12. The molecular weight excluding hydrogens is 428 g/mol. The third-order valence-corrected chi connectivity index (χ3v) is 6.27. The van der Waals surface area contributed by atoms with Crippen LogP contribution in [0.3, 0.4) is 0 Å². The van der Waals surface area contributed by atoms with Crippen molar-refractivity contribution in [3.05, 3.63) is 59.7 Å². The SMILES string of the molecule is OCCCCCCN(CCN(CCCCCCO)Cc1ccccc1O)Cc1ccccc1O. The maximum atomic E-state index is 10.3. The quantitative estimate of drug-likeness (QED) is 0.225. The van der Waals surface area contributed by atoms with Crippen molar-refractivity contribution in [3.63, 3.8) is 0 Å². The normalized spacial score (nSPS) is 11.5. The second kappa shape index (κ2) is 17.3. The highest BCUT2D eigenvalue weighted by Gasteiger charge is 2.13. The Morgan fingerprint density at radius 3 is 1.24 bits per heavy atom. The zero-order valence-electron chi connectivity index (χ0n) is 20.6. The summed E-state index contributed by atoms with van der Waals surface area (Å²) in [5, 5.41) is 38.6. The Bertz CT molecular complexity index is 721. The number of phenolic OH excluding ortho intramolecular Hbond substituents is 2. The predicted molar refractivity (Wildman–Crippen MR) is 138 cm³/mol. The van der Waals surface area contributed by atoms with E-state index in [9.17, 15) is 10.2 Å². The fraction of sp³-hybridized carbons (Fsp3) is 0.571. The maximum Gasteiger partial charge on any atom is 0.120 e. The van der Waals surface area contributed by atoms with Crippen molar-refractivity contribution >= 4 is 0 Å². The summed E-state index contributed by atoms with van der Waals surface area (Å²) in [5.41, 5.74) is 1.88. The summed E-state index contributed by atoms with van der Waals surface area (Å²) < 4.78 is 0. The van der Waals surface area contributed by atoms with Crippen molar-refractivity contribution in [2.75, 3.05) is 39.4 Å². The summed E-state index contributed by atoms with van der Waals surface area (Å²) in [6.07, 6.45) is 8.08. The Morgan fingerprint density at radius 1 is 0.471 bits per heavy atom. The lowest BCUT2D eigenvalue weighted by atomic mass is 10.1. The van der Waals surface area contributed by atoms with E-state index in [-0.39, 0.29) is 13.2 Å². The van der Waals surface area contributed by atoms with Crippen LogP contribution in [0.4, 0.5) is 0 Å². The van der Waals surface area contributed by atoms with Crippen LogP contribution in [0.2, 0.25) is 0 Å². The predicted octanol–water partition coefficient (Wildman–Crippen LogP) is 4.51.